The average Bonchev–Trinajstić information content (AvgIpc) is 2.47. The molecule has 1 N–H and O–H groups in total. The first-order valence-corrected chi connectivity index (χ1v) is 6.55. The monoisotopic (exact) mass is 290 g/mol. The van der Waals surface area contributed by atoms with E-state index in [0.717, 1.165) is 0 Å². The Balaban J connectivity index is 2.66. The maximum absolute atomic E-state index is 12.0. The van der Waals surface area contributed by atoms with Crippen molar-refractivity contribution in [2.75, 3.05) is 26.8 Å². The molecule has 6 nitrogen and oxygen atoms in total. The summed E-state index contributed by atoms with van der Waals surface area (Å²) >= 11 is 0. The zero-order chi connectivity index (χ0) is 15.7. The van der Waals surface area contributed by atoms with Crippen LogP contribution in [0.2, 0.25) is 0 Å². The topological polar surface area (TPSA) is 79.7 Å². The van der Waals surface area contributed by atoms with E-state index in [-0.39, 0.29) is 31.4 Å². The van der Waals surface area contributed by atoms with Gasteiger partial charge in [-0.25, -0.2) is 4.98 Å². The number of aliphatic hydroxyl groups excluding tert-OH is 1. The van der Waals surface area contributed by atoms with E-state index in [9.17, 15) is 9.59 Å². The van der Waals surface area contributed by atoms with Crippen LogP contribution in [-0.4, -0.2) is 53.7 Å². The molecule has 21 heavy (non-hydrogen) atoms. The molecule has 1 heterocycles. The van der Waals surface area contributed by atoms with Gasteiger partial charge in [0.15, 0.2) is 0 Å². The van der Waals surface area contributed by atoms with Gasteiger partial charge in [0, 0.05) is 25.2 Å². The predicted molar refractivity (Wildman–Crippen MR) is 76.4 cm³/mol. The molecular weight excluding hydrogens is 272 g/mol. The lowest BCUT2D eigenvalue weighted by Gasteiger charge is -2.15. The predicted octanol–water partition coefficient (Wildman–Crippen LogP) is 0.451. The van der Waals surface area contributed by atoms with Crippen LogP contribution in [0.4, 0.5) is 0 Å². The fourth-order valence-electron chi connectivity index (χ4n) is 1.48. The lowest BCUT2D eigenvalue weighted by molar-refractivity contribution is -0.143. The highest BCUT2D eigenvalue weighted by molar-refractivity contribution is 5.94. The van der Waals surface area contributed by atoms with Crippen LogP contribution < -0.4 is 0 Å². The SMILES string of the molecule is CCOC(=O)CN(C)C(=O)c1ccc(C#CCCO)cn1. The van der Waals surface area contributed by atoms with E-state index in [1.807, 2.05) is 0 Å². The van der Waals surface area contributed by atoms with Gasteiger partial charge >= 0.3 is 5.97 Å². The fraction of sp³-hybridized carbons (Fsp3) is 0.400. The fourth-order valence-corrected chi connectivity index (χ4v) is 1.48. The number of hydrogen-bond acceptors (Lipinski definition) is 5. The van der Waals surface area contributed by atoms with Gasteiger partial charge < -0.3 is 14.7 Å². The third-order valence-corrected chi connectivity index (χ3v) is 2.47. The Kier molecular flexibility index (Phi) is 6.92. The standard InChI is InChI=1S/C15H18N2O4/c1-3-21-14(19)11-17(2)15(20)13-8-7-12(10-16-13)6-4-5-9-18/h7-8,10,18H,3,5,9,11H2,1-2H3. The summed E-state index contributed by atoms with van der Waals surface area (Å²) in [4.78, 5) is 28.6. The molecule has 0 aliphatic heterocycles. The highest BCUT2D eigenvalue weighted by atomic mass is 16.5. The quantitative estimate of drug-likeness (QED) is 0.629. The number of aromatic nitrogens is 1. The number of ether oxygens (including phenoxy) is 1. The van der Waals surface area contributed by atoms with E-state index in [1.54, 1.807) is 19.1 Å². The van der Waals surface area contributed by atoms with Gasteiger partial charge in [0.2, 0.25) is 0 Å². The van der Waals surface area contributed by atoms with E-state index in [4.69, 9.17) is 9.84 Å². The van der Waals surface area contributed by atoms with Crippen LogP contribution in [0.15, 0.2) is 18.3 Å². The molecule has 1 amide bonds. The van der Waals surface area contributed by atoms with Crippen LogP contribution in [0.5, 0.6) is 0 Å². The molecule has 0 aromatic carbocycles. The first kappa shape index (κ1) is 16.7. The minimum Gasteiger partial charge on any atom is -0.465 e. The van der Waals surface area contributed by atoms with E-state index in [0.29, 0.717) is 12.0 Å². The molecule has 0 radical (unpaired) electrons. The number of amides is 1. The smallest absolute Gasteiger partial charge is 0.325 e. The van der Waals surface area contributed by atoms with E-state index < -0.39 is 5.97 Å². The largest absolute Gasteiger partial charge is 0.465 e. The van der Waals surface area contributed by atoms with Gasteiger partial charge in [0.25, 0.3) is 5.91 Å². The highest BCUT2D eigenvalue weighted by Gasteiger charge is 2.16. The summed E-state index contributed by atoms with van der Waals surface area (Å²) in [7, 11) is 1.51. The van der Waals surface area contributed by atoms with Crippen LogP contribution in [0.3, 0.4) is 0 Å². The number of esters is 1. The summed E-state index contributed by atoms with van der Waals surface area (Å²) in [5.74, 6) is 4.76. The van der Waals surface area contributed by atoms with Crippen molar-refractivity contribution in [3.8, 4) is 11.8 Å². The molecule has 0 unspecified atom stereocenters. The molecule has 0 saturated heterocycles. The first-order chi connectivity index (χ1) is 10.1. The normalized spacial score (nSPS) is 9.48. The van der Waals surface area contributed by atoms with Gasteiger partial charge in [-0.1, -0.05) is 11.8 Å². The number of carbonyl (C=O) groups excluding carboxylic acids is 2. The Morgan fingerprint density at radius 2 is 2.19 bits per heavy atom. The number of likely N-dealkylation sites (N-methyl/N-ethyl adjacent to an activating group) is 1. The second-order valence-corrected chi connectivity index (χ2v) is 4.17. The Morgan fingerprint density at radius 1 is 1.43 bits per heavy atom. The zero-order valence-electron chi connectivity index (χ0n) is 12.1. The van der Waals surface area contributed by atoms with Gasteiger partial charge in [-0.05, 0) is 19.1 Å². The Labute approximate surface area is 123 Å². The molecule has 6 heteroatoms. The molecule has 0 atom stereocenters. The summed E-state index contributed by atoms with van der Waals surface area (Å²) in [5, 5.41) is 8.63. The van der Waals surface area contributed by atoms with Gasteiger partial charge in [-0.15, -0.1) is 0 Å². The summed E-state index contributed by atoms with van der Waals surface area (Å²) in [6.45, 7) is 1.88. The maximum atomic E-state index is 12.0. The Morgan fingerprint density at radius 3 is 2.76 bits per heavy atom. The van der Waals surface area contributed by atoms with Crippen molar-refractivity contribution in [1.29, 1.82) is 0 Å². The summed E-state index contributed by atoms with van der Waals surface area (Å²) in [5.41, 5.74) is 0.891. The second kappa shape index (κ2) is 8.72. The van der Waals surface area contributed by atoms with Gasteiger partial charge in [-0.2, -0.15) is 0 Å². The first-order valence-electron chi connectivity index (χ1n) is 6.55. The molecule has 1 aromatic rings. The number of pyridine rings is 1. The summed E-state index contributed by atoms with van der Waals surface area (Å²) in [6.07, 6.45) is 1.87. The van der Waals surface area contributed by atoms with Crippen molar-refractivity contribution >= 4 is 11.9 Å². The van der Waals surface area contributed by atoms with Crippen molar-refractivity contribution in [3.63, 3.8) is 0 Å². The van der Waals surface area contributed by atoms with Crippen LogP contribution in [0.25, 0.3) is 0 Å². The Bertz CT molecular complexity index is 543. The van der Waals surface area contributed by atoms with Crippen LogP contribution in [-0.2, 0) is 9.53 Å². The second-order valence-electron chi connectivity index (χ2n) is 4.17. The number of carbonyl (C=O) groups is 2. The molecule has 0 bridgehead atoms. The molecule has 0 saturated carbocycles. The number of aliphatic hydroxyl groups is 1. The molecule has 0 fully saturated rings. The van der Waals surface area contributed by atoms with Crippen LogP contribution in [0.1, 0.15) is 29.4 Å². The zero-order valence-corrected chi connectivity index (χ0v) is 12.1. The molecule has 0 spiro atoms. The molecular formula is C15H18N2O4. The van der Waals surface area contributed by atoms with Gasteiger partial charge in [0.1, 0.15) is 12.2 Å². The van der Waals surface area contributed by atoms with Crippen molar-refractivity contribution in [2.45, 2.75) is 13.3 Å². The van der Waals surface area contributed by atoms with Crippen LogP contribution in [0, 0.1) is 11.8 Å². The summed E-state index contributed by atoms with van der Waals surface area (Å²) in [6, 6.07) is 3.22. The third-order valence-electron chi connectivity index (χ3n) is 2.47. The lowest BCUT2D eigenvalue weighted by Crippen LogP contribution is -2.33. The highest BCUT2D eigenvalue weighted by Crippen LogP contribution is 2.03. The maximum Gasteiger partial charge on any atom is 0.325 e. The van der Waals surface area contributed by atoms with Gasteiger partial charge in [-0.3, -0.25) is 9.59 Å². The van der Waals surface area contributed by atoms with Crippen molar-refractivity contribution < 1.29 is 19.4 Å². The molecule has 112 valence electrons. The molecule has 1 aromatic heterocycles. The minimum atomic E-state index is -0.458. The van der Waals surface area contributed by atoms with Crippen molar-refractivity contribution in [3.05, 3.63) is 29.6 Å². The Hall–Kier alpha value is -2.39. The molecule has 1 rings (SSSR count). The average molecular weight is 290 g/mol. The minimum absolute atomic E-state index is 0.00958. The molecule has 0 aliphatic carbocycles. The van der Waals surface area contributed by atoms with E-state index in [2.05, 4.69) is 16.8 Å². The number of hydrogen-bond donors (Lipinski definition) is 1. The van der Waals surface area contributed by atoms with Crippen LogP contribution >= 0.6 is 0 Å². The molecule has 0 aliphatic rings. The summed E-state index contributed by atoms with van der Waals surface area (Å²) < 4.78 is 4.78. The third kappa shape index (κ3) is 5.63. The van der Waals surface area contributed by atoms with Crippen molar-refractivity contribution in [2.24, 2.45) is 0 Å². The number of rotatable bonds is 5. The number of nitrogens with zero attached hydrogens (tertiary/aromatic N) is 2. The van der Waals surface area contributed by atoms with E-state index in [1.165, 1.54) is 18.1 Å². The lowest BCUT2D eigenvalue weighted by atomic mass is 10.2. The van der Waals surface area contributed by atoms with E-state index >= 15 is 0 Å². The van der Waals surface area contributed by atoms with Crippen molar-refractivity contribution in [1.82, 2.24) is 9.88 Å². The van der Waals surface area contributed by atoms with Gasteiger partial charge in [0.05, 0.1) is 13.2 Å².